The molecule has 6 heteroatoms. The number of ketones is 1. The highest BCUT2D eigenvalue weighted by molar-refractivity contribution is 6.30. The maximum Gasteiger partial charge on any atom is 0.282 e. The maximum absolute atomic E-state index is 12.6. The van der Waals surface area contributed by atoms with Crippen molar-refractivity contribution in [3.8, 4) is 0 Å². The van der Waals surface area contributed by atoms with Crippen molar-refractivity contribution in [2.24, 2.45) is 0 Å². The maximum atomic E-state index is 12.6. The van der Waals surface area contributed by atoms with Gasteiger partial charge in [0, 0.05) is 21.8 Å². The van der Waals surface area contributed by atoms with Gasteiger partial charge in [-0.3, -0.25) is 9.59 Å². The van der Waals surface area contributed by atoms with Gasteiger partial charge in [-0.15, -0.1) is 0 Å². The Morgan fingerprint density at radius 2 is 1.75 bits per heavy atom. The van der Waals surface area contributed by atoms with Gasteiger partial charge < -0.3 is 15.1 Å². The summed E-state index contributed by atoms with van der Waals surface area (Å²) in [5.74, 6) is 0.0395. The number of quaternary nitrogens is 2. The number of nitrogens with one attached hydrogen (secondary N) is 3. The summed E-state index contributed by atoms with van der Waals surface area (Å²) in [6, 6.07) is 15.0. The number of anilines is 1. The monoisotopic (exact) mass is 401 g/mol. The third kappa shape index (κ3) is 5.41. The molecule has 1 amide bonds. The Labute approximate surface area is 171 Å². The molecule has 0 aromatic heterocycles. The fourth-order valence-corrected chi connectivity index (χ4v) is 3.91. The van der Waals surface area contributed by atoms with Crippen LogP contribution in [0.15, 0.2) is 48.5 Å². The molecule has 0 bridgehead atoms. The molecule has 1 fully saturated rings. The molecule has 1 aliphatic heterocycles. The first-order valence-electron chi connectivity index (χ1n) is 9.77. The standard InChI is InChI=1S/C22H26ClN3O2/c1-16(22(28)24-21-8-6-19(7-9-21)17(2)27)26-12-10-25(11-13-26)15-18-4-3-5-20(23)14-18/h3-9,14,16H,10-13,15H2,1-2H3,(H,24,28)/p+2/t16-/m1/s1. The molecule has 1 aliphatic rings. The number of rotatable bonds is 6. The lowest BCUT2D eigenvalue weighted by molar-refractivity contribution is -1.02. The summed E-state index contributed by atoms with van der Waals surface area (Å²) in [5, 5.41) is 3.75. The second kappa shape index (κ2) is 9.32. The van der Waals surface area contributed by atoms with Crippen molar-refractivity contribution < 1.29 is 19.4 Å². The minimum absolute atomic E-state index is 0.0175. The molecule has 148 valence electrons. The smallest absolute Gasteiger partial charge is 0.282 e. The molecule has 2 aromatic rings. The highest BCUT2D eigenvalue weighted by Crippen LogP contribution is 2.10. The van der Waals surface area contributed by atoms with E-state index < -0.39 is 0 Å². The highest BCUT2D eigenvalue weighted by Gasteiger charge is 2.31. The number of benzene rings is 2. The zero-order chi connectivity index (χ0) is 20.1. The predicted molar refractivity (Wildman–Crippen MR) is 111 cm³/mol. The van der Waals surface area contributed by atoms with E-state index in [9.17, 15) is 9.59 Å². The van der Waals surface area contributed by atoms with Crippen LogP contribution in [0, 0.1) is 0 Å². The van der Waals surface area contributed by atoms with Crippen molar-refractivity contribution in [1.82, 2.24) is 0 Å². The molecular weight excluding hydrogens is 374 g/mol. The van der Waals surface area contributed by atoms with E-state index in [1.54, 1.807) is 24.3 Å². The summed E-state index contributed by atoms with van der Waals surface area (Å²) in [4.78, 5) is 26.8. The van der Waals surface area contributed by atoms with Gasteiger partial charge in [-0.1, -0.05) is 23.7 Å². The summed E-state index contributed by atoms with van der Waals surface area (Å²) >= 11 is 6.08. The molecule has 5 nitrogen and oxygen atoms in total. The fraction of sp³-hybridized carbons (Fsp3) is 0.364. The molecule has 0 saturated carbocycles. The van der Waals surface area contributed by atoms with E-state index in [0.717, 1.165) is 43.4 Å². The van der Waals surface area contributed by atoms with E-state index in [0.29, 0.717) is 5.56 Å². The molecule has 28 heavy (non-hydrogen) atoms. The predicted octanol–water partition coefficient (Wildman–Crippen LogP) is 0.853. The Balaban J connectivity index is 1.49. The van der Waals surface area contributed by atoms with E-state index >= 15 is 0 Å². The summed E-state index contributed by atoms with van der Waals surface area (Å²) in [7, 11) is 0. The molecule has 0 aliphatic carbocycles. The first-order chi connectivity index (χ1) is 13.4. The number of carbonyl (C=O) groups excluding carboxylic acids is 2. The van der Waals surface area contributed by atoms with Gasteiger partial charge in [0.25, 0.3) is 5.91 Å². The molecule has 1 atom stereocenters. The quantitative estimate of drug-likeness (QED) is 0.629. The Bertz CT molecular complexity index is 830. The Morgan fingerprint density at radius 3 is 2.36 bits per heavy atom. The van der Waals surface area contributed by atoms with Gasteiger partial charge >= 0.3 is 0 Å². The Morgan fingerprint density at radius 1 is 1.07 bits per heavy atom. The summed E-state index contributed by atoms with van der Waals surface area (Å²) < 4.78 is 0. The van der Waals surface area contributed by atoms with Gasteiger partial charge in [0.2, 0.25) is 0 Å². The van der Waals surface area contributed by atoms with E-state index in [2.05, 4.69) is 11.4 Å². The van der Waals surface area contributed by atoms with Crippen LogP contribution < -0.4 is 15.1 Å². The van der Waals surface area contributed by atoms with Gasteiger partial charge in [-0.05, 0) is 50.2 Å². The summed E-state index contributed by atoms with van der Waals surface area (Å²) in [5.41, 5.74) is 2.63. The van der Waals surface area contributed by atoms with Crippen LogP contribution in [0.4, 0.5) is 5.69 Å². The number of hydrogen-bond donors (Lipinski definition) is 3. The number of amides is 1. The SMILES string of the molecule is CC(=O)c1ccc(NC(=O)[C@@H](C)[NH+]2CC[NH+](Cc3cccc(Cl)c3)CC2)cc1. The molecule has 0 spiro atoms. The largest absolute Gasteiger partial charge is 0.322 e. The lowest BCUT2D eigenvalue weighted by Gasteiger charge is -2.32. The van der Waals surface area contributed by atoms with Crippen LogP contribution in [0.2, 0.25) is 5.02 Å². The molecular formula is C22H28ClN3O2+2. The zero-order valence-electron chi connectivity index (χ0n) is 16.4. The molecule has 3 rings (SSSR count). The van der Waals surface area contributed by atoms with Crippen LogP contribution in [0.1, 0.15) is 29.8 Å². The van der Waals surface area contributed by atoms with Crippen LogP contribution in [0.25, 0.3) is 0 Å². The average molecular weight is 402 g/mol. The summed E-state index contributed by atoms with van der Waals surface area (Å²) in [6.45, 7) is 8.49. The number of hydrogen-bond acceptors (Lipinski definition) is 2. The van der Waals surface area contributed by atoms with Crippen molar-refractivity contribution >= 4 is 29.0 Å². The van der Waals surface area contributed by atoms with Crippen molar-refractivity contribution in [3.05, 3.63) is 64.7 Å². The normalized spacial score (nSPS) is 20.4. The van der Waals surface area contributed by atoms with Gasteiger partial charge in [0.1, 0.15) is 32.7 Å². The number of Topliss-reactive ketones (excluding diaryl/α,β-unsaturated/α-hetero) is 1. The molecule has 1 heterocycles. The van der Waals surface area contributed by atoms with Gasteiger partial charge in [0.05, 0.1) is 0 Å². The fourth-order valence-electron chi connectivity index (χ4n) is 3.69. The first kappa shape index (κ1) is 20.5. The third-order valence-electron chi connectivity index (χ3n) is 5.51. The highest BCUT2D eigenvalue weighted by atomic mass is 35.5. The van der Waals surface area contributed by atoms with Crippen molar-refractivity contribution in [2.75, 3.05) is 31.5 Å². The molecule has 0 radical (unpaired) electrons. The zero-order valence-corrected chi connectivity index (χ0v) is 17.2. The Hall–Kier alpha value is -2.21. The lowest BCUT2D eigenvalue weighted by atomic mass is 10.1. The minimum atomic E-state index is -0.111. The van der Waals surface area contributed by atoms with Crippen LogP contribution in [-0.2, 0) is 11.3 Å². The second-order valence-corrected chi connectivity index (χ2v) is 8.00. The molecule has 3 N–H and O–H groups in total. The number of carbonyl (C=O) groups is 2. The number of halogens is 1. The lowest BCUT2D eigenvalue weighted by Crippen LogP contribution is -3.29. The summed E-state index contributed by atoms with van der Waals surface area (Å²) in [6.07, 6.45) is 0. The van der Waals surface area contributed by atoms with Gasteiger partial charge in [0.15, 0.2) is 11.8 Å². The van der Waals surface area contributed by atoms with Gasteiger partial charge in [-0.25, -0.2) is 0 Å². The van der Waals surface area contributed by atoms with E-state index in [1.807, 2.05) is 25.1 Å². The average Bonchev–Trinajstić information content (AvgIpc) is 2.68. The topological polar surface area (TPSA) is 55.0 Å². The first-order valence-corrected chi connectivity index (χ1v) is 10.1. The van der Waals surface area contributed by atoms with Crippen molar-refractivity contribution in [1.29, 1.82) is 0 Å². The van der Waals surface area contributed by atoms with Crippen LogP contribution in [0.3, 0.4) is 0 Å². The van der Waals surface area contributed by atoms with Gasteiger partial charge in [-0.2, -0.15) is 0 Å². The second-order valence-electron chi connectivity index (χ2n) is 7.56. The van der Waals surface area contributed by atoms with Crippen molar-refractivity contribution in [3.63, 3.8) is 0 Å². The van der Waals surface area contributed by atoms with E-state index in [1.165, 1.54) is 22.3 Å². The van der Waals surface area contributed by atoms with E-state index in [4.69, 9.17) is 11.6 Å². The molecule has 1 saturated heterocycles. The third-order valence-corrected chi connectivity index (χ3v) is 5.74. The molecule has 0 unspecified atom stereocenters. The van der Waals surface area contributed by atoms with Crippen LogP contribution >= 0.6 is 11.6 Å². The number of piperazine rings is 1. The van der Waals surface area contributed by atoms with E-state index in [-0.39, 0.29) is 17.7 Å². The molecule has 2 aromatic carbocycles. The van der Waals surface area contributed by atoms with Crippen LogP contribution in [-0.4, -0.2) is 43.9 Å². The van der Waals surface area contributed by atoms with Crippen LogP contribution in [0.5, 0.6) is 0 Å². The van der Waals surface area contributed by atoms with Crippen molar-refractivity contribution in [2.45, 2.75) is 26.4 Å². The minimum Gasteiger partial charge on any atom is -0.322 e. The Kier molecular flexibility index (Phi) is 6.83.